The van der Waals surface area contributed by atoms with E-state index in [-0.39, 0.29) is 12.1 Å². The molecule has 0 aromatic heterocycles. The number of nitrogens with one attached hydrogen (secondary N) is 3. The predicted molar refractivity (Wildman–Crippen MR) is 141 cm³/mol. The van der Waals surface area contributed by atoms with Gasteiger partial charge in [0.05, 0.1) is 11.7 Å². The fourth-order valence-electron chi connectivity index (χ4n) is 4.90. The molecule has 0 spiro atoms. The van der Waals surface area contributed by atoms with Crippen molar-refractivity contribution >= 4 is 23.4 Å². The maximum Gasteiger partial charge on any atom is 0.322 e. The second-order valence-corrected chi connectivity index (χ2v) is 9.02. The summed E-state index contributed by atoms with van der Waals surface area (Å²) in [5.74, 6) is 0.0464. The molecule has 3 aromatic rings. The maximum absolute atomic E-state index is 13.7. The van der Waals surface area contributed by atoms with Crippen LogP contribution in [0.4, 0.5) is 20.6 Å². The molecule has 188 valence electrons. The molecule has 1 unspecified atom stereocenters. The van der Waals surface area contributed by atoms with Crippen LogP contribution in [0.25, 0.3) is 0 Å². The van der Waals surface area contributed by atoms with Gasteiger partial charge in [-0.15, -0.1) is 0 Å². The van der Waals surface area contributed by atoms with E-state index in [4.69, 9.17) is 4.99 Å². The lowest BCUT2D eigenvalue weighted by Crippen LogP contribution is -2.55. The third-order valence-electron chi connectivity index (χ3n) is 6.71. The van der Waals surface area contributed by atoms with Gasteiger partial charge in [-0.2, -0.15) is 5.26 Å². The highest BCUT2D eigenvalue weighted by atomic mass is 19.1. The van der Waals surface area contributed by atoms with Crippen LogP contribution in [0.15, 0.2) is 77.8 Å². The van der Waals surface area contributed by atoms with Crippen LogP contribution in [0.5, 0.6) is 0 Å². The lowest BCUT2D eigenvalue weighted by molar-refractivity contribution is 0.135. The van der Waals surface area contributed by atoms with E-state index in [0.717, 1.165) is 30.8 Å². The van der Waals surface area contributed by atoms with Gasteiger partial charge >= 0.3 is 6.03 Å². The molecule has 2 aliphatic heterocycles. The molecular weight excluding hydrogens is 469 g/mol. The first-order valence-electron chi connectivity index (χ1n) is 12.3. The van der Waals surface area contributed by atoms with Crippen LogP contribution in [0, 0.1) is 17.3 Å². The van der Waals surface area contributed by atoms with Crippen molar-refractivity contribution in [2.24, 2.45) is 4.99 Å². The van der Waals surface area contributed by atoms with Gasteiger partial charge in [-0.3, -0.25) is 5.32 Å². The first-order valence-corrected chi connectivity index (χ1v) is 12.3. The number of benzene rings is 3. The van der Waals surface area contributed by atoms with Gasteiger partial charge in [0.2, 0.25) is 5.96 Å². The fourth-order valence-corrected chi connectivity index (χ4v) is 4.90. The molecule has 0 aliphatic carbocycles. The lowest BCUT2D eigenvalue weighted by Gasteiger charge is -2.42. The Morgan fingerprint density at radius 2 is 1.92 bits per heavy atom. The Labute approximate surface area is 215 Å². The summed E-state index contributed by atoms with van der Waals surface area (Å²) in [6, 6.07) is 21.0. The van der Waals surface area contributed by atoms with E-state index in [1.54, 1.807) is 17.0 Å². The average molecular weight is 498 g/mol. The summed E-state index contributed by atoms with van der Waals surface area (Å²) in [6.07, 6.45) is 2.90. The van der Waals surface area contributed by atoms with Crippen molar-refractivity contribution < 1.29 is 9.18 Å². The minimum atomic E-state index is -0.412. The van der Waals surface area contributed by atoms with E-state index >= 15 is 0 Å². The first-order chi connectivity index (χ1) is 18.1. The van der Waals surface area contributed by atoms with Crippen molar-refractivity contribution in [1.29, 1.82) is 5.26 Å². The van der Waals surface area contributed by atoms with Gasteiger partial charge in [0.25, 0.3) is 0 Å². The first kappa shape index (κ1) is 24.3. The molecule has 3 N–H and O–H groups in total. The van der Waals surface area contributed by atoms with Crippen LogP contribution >= 0.6 is 0 Å². The number of urea groups is 1. The van der Waals surface area contributed by atoms with Gasteiger partial charge < -0.3 is 20.4 Å². The standard InChI is InChI=1S/C28H28FN7O/c29-22-9-5-10-23(16-22)33-28(37)36-15-14-35(18-26(36)20-6-2-1-3-7-20)27(32-19-30)34-25-11-4-8-21-17-31-13-12-24(21)25/h1-11,16,26,31H,12-15,17-18H2,(H,32,34)(H,33,37). The summed E-state index contributed by atoms with van der Waals surface area (Å²) in [7, 11) is 0. The normalized spacial score (nSPS) is 17.5. The number of fused-ring (bicyclic) bond motifs is 1. The third kappa shape index (κ3) is 5.55. The minimum absolute atomic E-state index is 0.303. The van der Waals surface area contributed by atoms with Crippen LogP contribution in [0.3, 0.4) is 0 Å². The van der Waals surface area contributed by atoms with Crippen LogP contribution < -0.4 is 16.0 Å². The van der Waals surface area contributed by atoms with Gasteiger partial charge in [-0.05, 0) is 53.9 Å². The Kier molecular flexibility index (Phi) is 7.28. The van der Waals surface area contributed by atoms with Gasteiger partial charge in [-0.1, -0.05) is 48.5 Å². The fraction of sp³-hybridized carbons (Fsp3) is 0.250. The largest absolute Gasteiger partial charge is 0.338 e. The number of piperazine rings is 1. The number of guanidine groups is 1. The summed E-state index contributed by atoms with van der Waals surface area (Å²) in [5, 5.41) is 18.5. The van der Waals surface area contributed by atoms with E-state index in [0.29, 0.717) is 31.3 Å². The molecule has 0 bridgehead atoms. The topological polar surface area (TPSA) is 95.8 Å². The monoisotopic (exact) mass is 497 g/mol. The van der Waals surface area contributed by atoms with Gasteiger partial charge in [0, 0.05) is 31.9 Å². The summed E-state index contributed by atoms with van der Waals surface area (Å²) >= 11 is 0. The molecule has 1 saturated heterocycles. The van der Waals surface area contributed by atoms with E-state index < -0.39 is 5.82 Å². The highest BCUT2D eigenvalue weighted by Gasteiger charge is 2.33. The number of hydrogen-bond acceptors (Lipinski definition) is 4. The second kappa shape index (κ2) is 11.1. The number of nitriles is 1. The lowest BCUT2D eigenvalue weighted by atomic mass is 9.99. The van der Waals surface area contributed by atoms with Gasteiger partial charge in [0.15, 0.2) is 6.19 Å². The zero-order valence-electron chi connectivity index (χ0n) is 20.3. The molecule has 3 aromatic carbocycles. The number of halogens is 1. The number of carbonyl (C=O) groups excluding carboxylic acids is 1. The van der Waals surface area contributed by atoms with Gasteiger partial charge in [-0.25, -0.2) is 14.2 Å². The Hall–Kier alpha value is -4.42. The van der Waals surface area contributed by atoms with Crippen molar-refractivity contribution in [3.8, 4) is 6.19 Å². The summed E-state index contributed by atoms with van der Waals surface area (Å²) in [5.41, 5.74) is 4.60. The van der Waals surface area contributed by atoms with Crippen molar-refractivity contribution in [3.05, 3.63) is 95.3 Å². The molecular formula is C28H28FN7O. The number of hydrogen-bond donors (Lipinski definition) is 3. The van der Waals surface area contributed by atoms with Crippen LogP contribution in [0.2, 0.25) is 0 Å². The summed E-state index contributed by atoms with van der Waals surface area (Å²) < 4.78 is 13.7. The highest BCUT2D eigenvalue weighted by Crippen LogP contribution is 2.29. The molecule has 2 aliphatic rings. The predicted octanol–water partition coefficient (Wildman–Crippen LogP) is 4.12. The molecule has 2 amide bonds. The second-order valence-electron chi connectivity index (χ2n) is 9.02. The van der Waals surface area contributed by atoms with Gasteiger partial charge in [0.1, 0.15) is 5.82 Å². The maximum atomic E-state index is 13.7. The Morgan fingerprint density at radius 3 is 2.73 bits per heavy atom. The minimum Gasteiger partial charge on any atom is -0.338 e. The van der Waals surface area contributed by atoms with Crippen LogP contribution in [0.1, 0.15) is 22.7 Å². The Balaban J connectivity index is 1.43. The average Bonchev–Trinajstić information content (AvgIpc) is 2.93. The highest BCUT2D eigenvalue weighted by molar-refractivity contribution is 5.90. The molecule has 0 radical (unpaired) electrons. The number of rotatable bonds is 3. The van der Waals surface area contributed by atoms with E-state index in [1.165, 1.54) is 23.3 Å². The van der Waals surface area contributed by atoms with Crippen molar-refractivity contribution in [1.82, 2.24) is 20.4 Å². The summed E-state index contributed by atoms with van der Waals surface area (Å²) in [4.78, 5) is 21.9. The molecule has 2 heterocycles. The van der Waals surface area contributed by atoms with Crippen LogP contribution in [-0.2, 0) is 13.0 Å². The number of aliphatic imine (C=N–C) groups is 1. The smallest absolute Gasteiger partial charge is 0.322 e. The summed E-state index contributed by atoms with van der Waals surface area (Å²) in [6.45, 7) is 2.99. The van der Waals surface area contributed by atoms with E-state index in [2.05, 4.69) is 22.0 Å². The van der Waals surface area contributed by atoms with Crippen molar-refractivity contribution in [2.75, 3.05) is 31.5 Å². The molecule has 9 heteroatoms. The molecule has 5 rings (SSSR count). The Bertz CT molecular complexity index is 1340. The van der Waals surface area contributed by atoms with Crippen molar-refractivity contribution in [3.63, 3.8) is 0 Å². The van der Waals surface area contributed by atoms with Crippen molar-refractivity contribution in [2.45, 2.75) is 19.0 Å². The SMILES string of the molecule is N#CNC(=Nc1cccc2c1CCNC2)N1CCN(C(=O)Nc2cccc(F)c2)C(c2ccccc2)C1. The number of anilines is 1. The van der Waals surface area contributed by atoms with Crippen LogP contribution in [-0.4, -0.2) is 48.0 Å². The zero-order chi connectivity index (χ0) is 25.6. The van der Waals surface area contributed by atoms with E-state index in [9.17, 15) is 14.4 Å². The molecule has 8 nitrogen and oxygen atoms in total. The number of nitrogens with zero attached hydrogens (tertiary/aromatic N) is 4. The Morgan fingerprint density at radius 1 is 1.08 bits per heavy atom. The quantitative estimate of drug-likeness (QED) is 0.219. The molecule has 37 heavy (non-hydrogen) atoms. The van der Waals surface area contributed by atoms with E-state index in [1.807, 2.05) is 53.6 Å². The zero-order valence-corrected chi connectivity index (χ0v) is 20.3. The molecule has 1 fully saturated rings. The third-order valence-corrected chi connectivity index (χ3v) is 6.71. The molecule has 1 atom stereocenters. The molecule has 0 saturated carbocycles. The number of carbonyl (C=O) groups is 1. The number of amides is 2.